The first-order chi connectivity index (χ1) is 14.5. The maximum Gasteiger partial charge on any atom is 0.337 e. The molecule has 0 bridgehead atoms. The van der Waals surface area contributed by atoms with E-state index < -0.39 is 5.97 Å². The Balaban J connectivity index is 1.45. The number of nitrogens with one attached hydrogen (secondary N) is 1. The molecule has 1 N–H and O–H groups in total. The number of methoxy groups -OCH3 is 1. The van der Waals surface area contributed by atoms with Gasteiger partial charge in [0.05, 0.1) is 24.1 Å². The SMILES string of the molecule is COC(=O)c1ccc(NC(=O)CSc2nnc3scc(-c4ccc(C)cc4)n23)cc1. The van der Waals surface area contributed by atoms with Gasteiger partial charge in [-0.15, -0.1) is 21.5 Å². The van der Waals surface area contributed by atoms with E-state index in [9.17, 15) is 9.59 Å². The van der Waals surface area contributed by atoms with Crippen LogP contribution in [0.15, 0.2) is 59.1 Å². The lowest BCUT2D eigenvalue weighted by Gasteiger charge is -2.06. The van der Waals surface area contributed by atoms with Crippen LogP contribution in [0.3, 0.4) is 0 Å². The van der Waals surface area contributed by atoms with Crippen molar-refractivity contribution in [3.8, 4) is 11.3 Å². The number of nitrogens with zero attached hydrogens (tertiary/aromatic N) is 3. The van der Waals surface area contributed by atoms with E-state index in [-0.39, 0.29) is 11.7 Å². The van der Waals surface area contributed by atoms with Crippen LogP contribution in [-0.4, -0.2) is 39.3 Å². The van der Waals surface area contributed by atoms with E-state index >= 15 is 0 Å². The minimum absolute atomic E-state index is 0.172. The maximum absolute atomic E-state index is 12.4. The Morgan fingerprint density at radius 3 is 2.53 bits per heavy atom. The summed E-state index contributed by atoms with van der Waals surface area (Å²) in [5.74, 6) is -0.406. The lowest BCUT2D eigenvalue weighted by Crippen LogP contribution is -2.14. The van der Waals surface area contributed by atoms with Crippen LogP contribution in [0.25, 0.3) is 16.2 Å². The highest BCUT2D eigenvalue weighted by atomic mass is 32.2. The predicted molar refractivity (Wildman–Crippen MR) is 118 cm³/mol. The summed E-state index contributed by atoms with van der Waals surface area (Å²) in [5.41, 5.74) is 4.30. The topological polar surface area (TPSA) is 85.6 Å². The van der Waals surface area contributed by atoms with Crippen molar-refractivity contribution in [1.82, 2.24) is 14.6 Å². The predicted octanol–water partition coefficient (Wildman–Crippen LogP) is 4.28. The number of thioether (sulfide) groups is 1. The number of fused-ring (bicyclic) bond motifs is 1. The van der Waals surface area contributed by atoms with Crippen molar-refractivity contribution < 1.29 is 14.3 Å². The minimum atomic E-state index is -0.417. The Morgan fingerprint density at radius 2 is 1.83 bits per heavy atom. The van der Waals surface area contributed by atoms with E-state index in [1.54, 1.807) is 24.3 Å². The van der Waals surface area contributed by atoms with Crippen molar-refractivity contribution in [3.63, 3.8) is 0 Å². The van der Waals surface area contributed by atoms with Crippen molar-refractivity contribution in [2.45, 2.75) is 12.1 Å². The number of hydrogen-bond acceptors (Lipinski definition) is 7. The molecule has 152 valence electrons. The highest BCUT2D eigenvalue weighted by molar-refractivity contribution is 7.99. The smallest absolute Gasteiger partial charge is 0.337 e. The molecule has 0 saturated heterocycles. The Labute approximate surface area is 181 Å². The van der Waals surface area contributed by atoms with Crippen LogP contribution < -0.4 is 5.32 Å². The molecule has 0 atom stereocenters. The fourth-order valence-corrected chi connectivity index (χ4v) is 4.49. The first kappa shape index (κ1) is 20.1. The van der Waals surface area contributed by atoms with E-state index in [2.05, 4.69) is 51.4 Å². The van der Waals surface area contributed by atoms with Crippen LogP contribution >= 0.6 is 23.1 Å². The lowest BCUT2D eigenvalue weighted by atomic mass is 10.1. The average molecular weight is 439 g/mol. The molecule has 4 rings (SSSR count). The maximum atomic E-state index is 12.4. The zero-order valence-electron chi connectivity index (χ0n) is 16.3. The second-order valence-electron chi connectivity index (χ2n) is 6.49. The van der Waals surface area contributed by atoms with Gasteiger partial charge in [0.1, 0.15) is 0 Å². The summed E-state index contributed by atoms with van der Waals surface area (Å²) in [6, 6.07) is 14.8. The van der Waals surface area contributed by atoms with Gasteiger partial charge in [-0.05, 0) is 36.8 Å². The zero-order valence-corrected chi connectivity index (χ0v) is 17.9. The summed E-state index contributed by atoms with van der Waals surface area (Å²) < 4.78 is 6.64. The molecule has 0 fully saturated rings. The van der Waals surface area contributed by atoms with Gasteiger partial charge >= 0.3 is 5.97 Å². The number of thiazole rings is 1. The first-order valence-electron chi connectivity index (χ1n) is 9.06. The summed E-state index contributed by atoms with van der Waals surface area (Å²) in [7, 11) is 1.33. The minimum Gasteiger partial charge on any atom is -0.465 e. The van der Waals surface area contributed by atoms with Crippen LogP contribution in [0.2, 0.25) is 0 Å². The Morgan fingerprint density at radius 1 is 1.10 bits per heavy atom. The number of ether oxygens (including phenoxy) is 1. The van der Waals surface area contributed by atoms with Crippen molar-refractivity contribution >= 4 is 45.6 Å². The van der Waals surface area contributed by atoms with Gasteiger partial charge < -0.3 is 10.1 Å². The van der Waals surface area contributed by atoms with Gasteiger partial charge in [0.25, 0.3) is 0 Å². The standard InChI is InChI=1S/C21H18N4O3S2/c1-13-3-5-14(6-4-13)17-11-29-20-23-24-21(25(17)20)30-12-18(26)22-16-9-7-15(8-10-16)19(27)28-2/h3-11H,12H2,1-2H3,(H,22,26). The zero-order chi connectivity index (χ0) is 21.1. The van der Waals surface area contributed by atoms with Crippen molar-refractivity contribution in [1.29, 1.82) is 0 Å². The molecule has 0 radical (unpaired) electrons. The molecule has 0 saturated carbocycles. The number of benzene rings is 2. The number of esters is 1. The second kappa shape index (κ2) is 8.68. The lowest BCUT2D eigenvalue weighted by molar-refractivity contribution is -0.113. The van der Waals surface area contributed by atoms with Crippen LogP contribution in [0, 0.1) is 6.92 Å². The van der Waals surface area contributed by atoms with E-state index in [1.165, 1.54) is 35.8 Å². The Kier molecular flexibility index (Phi) is 5.82. The second-order valence-corrected chi connectivity index (χ2v) is 8.27. The molecular formula is C21H18N4O3S2. The molecule has 0 aliphatic carbocycles. The Hall–Kier alpha value is -3.17. The average Bonchev–Trinajstić information content (AvgIpc) is 3.35. The van der Waals surface area contributed by atoms with Crippen LogP contribution in [0.1, 0.15) is 15.9 Å². The normalized spacial score (nSPS) is 10.9. The van der Waals surface area contributed by atoms with Gasteiger partial charge in [-0.1, -0.05) is 41.6 Å². The fraction of sp³-hybridized carbons (Fsp3) is 0.143. The molecule has 4 aromatic rings. The van der Waals surface area contributed by atoms with E-state index in [1.807, 2.05) is 9.78 Å². The van der Waals surface area contributed by atoms with E-state index in [4.69, 9.17) is 0 Å². The number of anilines is 1. The molecule has 2 aromatic carbocycles. The summed E-state index contributed by atoms with van der Waals surface area (Å²) in [6.45, 7) is 2.05. The van der Waals surface area contributed by atoms with Crippen LogP contribution in [-0.2, 0) is 9.53 Å². The van der Waals surface area contributed by atoms with Crippen molar-refractivity contribution in [3.05, 3.63) is 65.0 Å². The third-order valence-electron chi connectivity index (χ3n) is 4.39. The highest BCUT2D eigenvalue weighted by Crippen LogP contribution is 2.30. The number of hydrogen-bond donors (Lipinski definition) is 1. The molecule has 2 aromatic heterocycles. The molecule has 7 nitrogen and oxygen atoms in total. The van der Waals surface area contributed by atoms with E-state index in [0.717, 1.165) is 16.2 Å². The fourth-order valence-electron chi connectivity index (χ4n) is 2.85. The largest absolute Gasteiger partial charge is 0.465 e. The summed E-state index contributed by atoms with van der Waals surface area (Å²) in [6.07, 6.45) is 0. The third kappa shape index (κ3) is 4.22. The number of carbonyl (C=O) groups is 2. The quantitative estimate of drug-likeness (QED) is 0.357. The molecule has 0 aliphatic heterocycles. The summed E-state index contributed by atoms with van der Waals surface area (Å²) in [4.78, 5) is 24.6. The monoisotopic (exact) mass is 438 g/mol. The number of aryl methyl sites for hydroxylation is 1. The molecule has 0 spiro atoms. The third-order valence-corrected chi connectivity index (χ3v) is 6.14. The molecule has 1 amide bonds. The van der Waals surface area contributed by atoms with Crippen molar-refractivity contribution in [2.24, 2.45) is 0 Å². The molecule has 9 heteroatoms. The summed E-state index contributed by atoms with van der Waals surface area (Å²) in [5, 5.41) is 14.0. The molecule has 30 heavy (non-hydrogen) atoms. The Bertz CT molecular complexity index is 1200. The highest BCUT2D eigenvalue weighted by Gasteiger charge is 2.15. The van der Waals surface area contributed by atoms with Gasteiger partial charge in [0, 0.05) is 11.1 Å². The molecule has 2 heterocycles. The van der Waals surface area contributed by atoms with Crippen molar-refractivity contribution in [2.75, 3.05) is 18.2 Å². The van der Waals surface area contributed by atoms with Gasteiger partial charge in [-0.3, -0.25) is 9.20 Å². The number of aromatic nitrogens is 3. The first-order valence-corrected chi connectivity index (χ1v) is 10.9. The number of carbonyl (C=O) groups excluding carboxylic acids is 2. The number of rotatable bonds is 6. The molecule has 0 aliphatic rings. The van der Waals surface area contributed by atoms with E-state index in [0.29, 0.717) is 16.4 Å². The summed E-state index contributed by atoms with van der Waals surface area (Å²) >= 11 is 2.84. The van der Waals surface area contributed by atoms with Gasteiger partial charge in [0.15, 0.2) is 5.16 Å². The van der Waals surface area contributed by atoms with Crippen LogP contribution in [0.4, 0.5) is 5.69 Å². The van der Waals surface area contributed by atoms with Gasteiger partial charge in [-0.2, -0.15) is 0 Å². The van der Waals surface area contributed by atoms with Gasteiger partial charge in [0.2, 0.25) is 10.9 Å². The molecular weight excluding hydrogens is 420 g/mol. The number of amides is 1. The van der Waals surface area contributed by atoms with Gasteiger partial charge in [-0.25, -0.2) is 4.79 Å². The molecule has 0 unspecified atom stereocenters. The van der Waals surface area contributed by atoms with Crippen LogP contribution in [0.5, 0.6) is 0 Å².